The Morgan fingerprint density at radius 1 is 1.46 bits per heavy atom. The first-order chi connectivity index (χ1) is 11.5. The number of aryl methyl sites for hydroxylation is 2. The van der Waals surface area contributed by atoms with E-state index < -0.39 is 5.97 Å². The minimum absolute atomic E-state index is 0.0457. The van der Waals surface area contributed by atoms with Crippen molar-refractivity contribution >= 4 is 28.6 Å². The van der Waals surface area contributed by atoms with Gasteiger partial charge in [-0.05, 0) is 25.5 Å². The molecule has 0 saturated heterocycles. The number of methoxy groups -OCH3 is 1. The number of carbonyl (C=O) groups is 1. The van der Waals surface area contributed by atoms with Crippen LogP contribution in [-0.4, -0.2) is 13.1 Å². The lowest BCUT2D eigenvalue weighted by atomic mass is 9.93. The van der Waals surface area contributed by atoms with Crippen molar-refractivity contribution in [3.8, 4) is 11.8 Å². The number of fused-ring (bicyclic) bond motifs is 1. The third-order valence-corrected chi connectivity index (χ3v) is 6.37. The lowest BCUT2D eigenvalue weighted by Gasteiger charge is -2.23. The minimum atomic E-state index is -0.461. The molecule has 0 amide bonds. The molecule has 1 aliphatic heterocycles. The van der Waals surface area contributed by atoms with Crippen LogP contribution in [0.4, 0.5) is 0 Å². The van der Waals surface area contributed by atoms with Gasteiger partial charge in [0.15, 0.2) is 5.75 Å². The van der Waals surface area contributed by atoms with Gasteiger partial charge < -0.3 is 15.2 Å². The Hall–Kier alpha value is -2.30. The molecule has 0 radical (unpaired) electrons. The van der Waals surface area contributed by atoms with Crippen LogP contribution in [0.25, 0.3) is 0 Å². The van der Waals surface area contributed by atoms with Gasteiger partial charge in [-0.2, -0.15) is 5.26 Å². The van der Waals surface area contributed by atoms with E-state index in [1.807, 2.05) is 13.0 Å². The van der Waals surface area contributed by atoms with Crippen LogP contribution < -0.4 is 10.5 Å². The zero-order chi connectivity index (χ0) is 17.4. The summed E-state index contributed by atoms with van der Waals surface area (Å²) in [6, 6.07) is 6.24. The second-order valence-electron chi connectivity index (χ2n) is 5.30. The lowest BCUT2D eigenvalue weighted by Crippen LogP contribution is -2.20. The summed E-state index contributed by atoms with van der Waals surface area (Å²) in [5.41, 5.74) is 6.75. The Morgan fingerprint density at radius 2 is 2.21 bits per heavy atom. The molecule has 2 N–H and O–H groups in total. The zero-order valence-electron chi connectivity index (χ0n) is 13.5. The van der Waals surface area contributed by atoms with Crippen LogP contribution in [-0.2, 0) is 11.2 Å². The number of esters is 1. The number of nitrogens with zero attached hydrogens (tertiary/aromatic N) is 1. The Morgan fingerprint density at radius 3 is 2.79 bits per heavy atom. The summed E-state index contributed by atoms with van der Waals surface area (Å²) in [7, 11) is 1.33. The van der Waals surface area contributed by atoms with Gasteiger partial charge in [-0.15, -0.1) is 22.7 Å². The van der Waals surface area contributed by atoms with Gasteiger partial charge in [0.1, 0.15) is 17.2 Å². The van der Waals surface area contributed by atoms with Gasteiger partial charge >= 0.3 is 5.97 Å². The molecule has 0 saturated carbocycles. The maximum atomic E-state index is 12.1. The molecule has 1 atom stereocenters. The summed E-state index contributed by atoms with van der Waals surface area (Å²) in [5.74, 6) is -0.301. The van der Waals surface area contributed by atoms with Gasteiger partial charge in [0.05, 0.1) is 17.9 Å². The first-order valence-electron chi connectivity index (χ1n) is 7.39. The molecule has 7 heteroatoms. The third-order valence-electron chi connectivity index (χ3n) is 3.92. The normalized spacial score (nSPS) is 16.3. The predicted molar refractivity (Wildman–Crippen MR) is 93.4 cm³/mol. The summed E-state index contributed by atoms with van der Waals surface area (Å²) in [6.07, 6.45) is 0.929. The highest BCUT2D eigenvalue weighted by Crippen LogP contribution is 2.50. The van der Waals surface area contributed by atoms with Gasteiger partial charge in [-0.1, -0.05) is 6.92 Å². The quantitative estimate of drug-likeness (QED) is 0.844. The summed E-state index contributed by atoms with van der Waals surface area (Å²) in [5, 5.41) is 9.56. The molecule has 2 aromatic heterocycles. The van der Waals surface area contributed by atoms with Crippen LogP contribution in [0.2, 0.25) is 0 Å². The molecule has 5 nitrogen and oxygen atoms in total. The van der Waals surface area contributed by atoms with Crippen LogP contribution in [0.1, 0.15) is 42.7 Å². The van der Waals surface area contributed by atoms with Crippen LogP contribution in [0, 0.1) is 18.3 Å². The number of allylic oxidation sites excluding steroid dienone is 1. The monoisotopic (exact) mass is 360 g/mol. The van der Waals surface area contributed by atoms with Crippen molar-refractivity contribution in [2.75, 3.05) is 7.11 Å². The van der Waals surface area contributed by atoms with Crippen molar-refractivity contribution in [1.29, 1.82) is 5.26 Å². The number of hydrogen-bond acceptors (Lipinski definition) is 7. The van der Waals surface area contributed by atoms with Crippen LogP contribution in [0.5, 0.6) is 5.75 Å². The van der Waals surface area contributed by atoms with Crippen LogP contribution >= 0.6 is 22.7 Å². The fraction of sp³-hybridized carbons (Fsp3) is 0.294. The molecule has 0 bridgehead atoms. The number of nitriles is 1. The first-order valence-corrected chi connectivity index (χ1v) is 9.02. The van der Waals surface area contributed by atoms with E-state index in [0.29, 0.717) is 16.9 Å². The summed E-state index contributed by atoms with van der Waals surface area (Å²) in [6.45, 7) is 3.93. The minimum Gasteiger partial charge on any atom is -0.465 e. The van der Waals surface area contributed by atoms with Crippen molar-refractivity contribution in [2.24, 2.45) is 5.73 Å². The Kier molecular flexibility index (Phi) is 4.35. The van der Waals surface area contributed by atoms with E-state index in [1.165, 1.54) is 23.3 Å². The van der Waals surface area contributed by atoms with Gasteiger partial charge in [0.25, 0.3) is 0 Å². The SMILES string of the molecule is CCc1ccc(C2C(C#N)=C(N)Oc3c2sc(C)c3C(=O)OC)s1. The molecule has 0 spiro atoms. The molecule has 3 rings (SSSR count). The molecule has 0 fully saturated rings. The number of nitrogens with two attached hydrogens (primary N) is 1. The number of rotatable bonds is 3. The maximum Gasteiger partial charge on any atom is 0.342 e. The Labute approximate surface area is 147 Å². The predicted octanol–water partition coefficient (Wildman–Crippen LogP) is 3.69. The van der Waals surface area contributed by atoms with Crippen molar-refractivity contribution < 1.29 is 14.3 Å². The van der Waals surface area contributed by atoms with E-state index in [0.717, 1.165) is 21.1 Å². The third kappa shape index (κ3) is 2.48. The van der Waals surface area contributed by atoms with E-state index in [-0.39, 0.29) is 11.8 Å². The highest BCUT2D eigenvalue weighted by molar-refractivity contribution is 7.14. The highest BCUT2D eigenvalue weighted by Gasteiger charge is 2.37. The summed E-state index contributed by atoms with van der Waals surface area (Å²) >= 11 is 3.09. The lowest BCUT2D eigenvalue weighted by molar-refractivity contribution is 0.0597. The van der Waals surface area contributed by atoms with Gasteiger partial charge in [-0.3, -0.25) is 0 Å². The number of hydrogen-bond donors (Lipinski definition) is 1. The van der Waals surface area contributed by atoms with Gasteiger partial charge in [0.2, 0.25) is 5.88 Å². The topological polar surface area (TPSA) is 85.3 Å². The Balaban J connectivity index is 2.22. The molecule has 3 heterocycles. The fourth-order valence-corrected chi connectivity index (χ4v) is 5.10. The van der Waals surface area contributed by atoms with E-state index in [4.69, 9.17) is 15.2 Å². The molecule has 1 aliphatic rings. The second kappa shape index (κ2) is 6.30. The molecule has 2 aromatic rings. The van der Waals surface area contributed by atoms with Gasteiger partial charge in [-0.25, -0.2) is 4.79 Å². The highest BCUT2D eigenvalue weighted by atomic mass is 32.1. The molecule has 1 unspecified atom stereocenters. The first kappa shape index (κ1) is 16.6. The van der Waals surface area contributed by atoms with Crippen LogP contribution in [0.15, 0.2) is 23.6 Å². The molecule has 0 aromatic carbocycles. The number of carbonyl (C=O) groups excluding carboxylic acids is 1. The summed E-state index contributed by atoms with van der Waals surface area (Å²) < 4.78 is 10.5. The van der Waals surface area contributed by atoms with Crippen molar-refractivity contribution in [3.63, 3.8) is 0 Å². The van der Waals surface area contributed by atoms with Gasteiger partial charge in [0, 0.05) is 14.6 Å². The zero-order valence-corrected chi connectivity index (χ0v) is 15.1. The molecule has 124 valence electrons. The number of thiophene rings is 2. The largest absolute Gasteiger partial charge is 0.465 e. The standard InChI is InChI=1S/C17H16N2O3S2/c1-4-9-5-6-11(24-9)13-10(7-18)16(19)22-14-12(17(20)21-3)8(2)23-15(13)14/h5-6,13H,4,19H2,1-3H3. The molecule has 24 heavy (non-hydrogen) atoms. The molecule has 0 aliphatic carbocycles. The molecular weight excluding hydrogens is 344 g/mol. The van der Waals surface area contributed by atoms with Crippen molar-refractivity contribution in [3.05, 3.63) is 48.7 Å². The molecular formula is C17H16N2O3S2. The maximum absolute atomic E-state index is 12.1. The van der Waals surface area contributed by atoms with E-state index in [1.54, 1.807) is 11.3 Å². The van der Waals surface area contributed by atoms with Crippen molar-refractivity contribution in [2.45, 2.75) is 26.2 Å². The average molecular weight is 360 g/mol. The second-order valence-corrected chi connectivity index (χ2v) is 7.76. The average Bonchev–Trinajstić information content (AvgIpc) is 3.16. The summed E-state index contributed by atoms with van der Waals surface area (Å²) in [4.78, 5) is 16.0. The fourth-order valence-electron chi connectivity index (χ4n) is 2.74. The van der Waals surface area contributed by atoms with E-state index in [9.17, 15) is 10.1 Å². The van der Waals surface area contributed by atoms with E-state index >= 15 is 0 Å². The van der Waals surface area contributed by atoms with E-state index in [2.05, 4.69) is 19.1 Å². The Bertz CT molecular complexity index is 886. The van der Waals surface area contributed by atoms with Crippen molar-refractivity contribution in [1.82, 2.24) is 0 Å². The number of ether oxygens (including phenoxy) is 2. The van der Waals surface area contributed by atoms with Crippen LogP contribution in [0.3, 0.4) is 0 Å². The smallest absolute Gasteiger partial charge is 0.342 e.